The summed E-state index contributed by atoms with van der Waals surface area (Å²) < 4.78 is 26.2. The number of hydrogen-bond donors (Lipinski definition) is 1. The van der Waals surface area contributed by atoms with Crippen LogP contribution < -0.4 is 0 Å². The van der Waals surface area contributed by atoms with Gasteiger partial charge in [0.2, 0.25) is 0 Å². The summed E-state index contributed by atoms with van der Waals surface area (Å²) in [6.45, 7) is 0. The Balaban J connectivity index is 3.31. The summed E-state index contributed by atoms with van der Waals surface area (Å²) in [6.07, 6.45) is 1.20. The van der Waals surface area contributed by atoms with Crippen LogP contribution in [0.5, 0.6) is 0 Å². The molecule has 14 heavy (non-hydrogen) atoms. The summed E-state index contributed by atoms with van der Waals surface area (Å²) in [5, 5.41) is 7.73. The van der Waals surface area contributed by atoms with Crippen molar-refractivity contribution in [3.8, 4) is 0 Å². The fraction of sp³-hybridized carbons (Fsp3) is 0.143. The molecule has 0 aliphatic rings. The summed E-state index contributed by atoms with van der Waals surface area (Å²) in [5.41, 5.74) is -0.832. The second kappa shape index (κ2) is 3.78. The number of carboxylic acid groups (broad SMARTS) is 1. The van der Waals surface area contributed by atoms with Crippen LogP contribution in [0.4, 0.5) is 8.78 Å². The molecular weight excluding hydrogens is 283 g/mol. The van der Waals surface area contributed by atoms with E-state index in [2.05, 4.69) is 20.9 Å². The molecule has 3 nitrogen and oxygen atoms in total. The van der Waals surface area contributed by atoms with E-state index in [9.17, 15) is 13.6 Å². The molecule has 0 fully saturated rings. The van der Waals surface area contributed by atoms with Crippen LogP contribution in [0.1, 0.15) is 5.56 Å². The van der Waals surface area contributed by atoms with Crippen molar-refractivity contribution in [1.82, 2.24) is 4.98 Å². The normalized spacial score (nSPS) is 11.4. The van der Waals surface area contributed by atoms with Gasteiger partial charge in [0.25, 0.3) is 0 Å². The lowest BCUT2D eigenvalue weighted by Gasteiger charge is -2.12. The smallest absolute Gasteiger partial charge is 0.379 e. The highest BCUT2D eigenvalue weighted by Gasteiger charge is 2.43. The average Bonchev–Trinajstić information content (AvgIpc) is 2.08. The maximum atomic E-state index is 13.0. The molecule has 0 unspecified atom stereocenters. The summed E-state index contributed by atoms with van der Waals surface area (Å²) in [5.74, 6) is -6.30. The molecule has 1 aromatic heterocycles. The zero-order valence-corrected chi connectivity index (χ0v) is 8.81. The van der Waals surface area contributed by atoms with Crippen LogP contribution in [0, 0.1) is 0 Å². The number of hydrogen-bond acceptors (Lipinski definition) is 2. The predicted octanol–water partition coefficient (Wildman–Crippen LogP) is 2.67. The average molecular weight is 286 g/mol. The van der Waals surface area contributed by atoms with Gasteiger partial charge in [-0.2, -0.15) is 8.78 Å². The molecule has 0 atom stereocenters. The van der Waals surface area contributed by atoms with Gasteiger partial charge in [-0.3, -0.25) is 0 Å². The Morgan fingerprint density at radius 3 is 2.71 bits per heavy atom. The van der Waals surface area contributed by atoms with Crippen LogP contribution in [0.3, 0.4) is 0 Å². The molecule has 7 heteroatoms. The molecule has 1 N–H and O–H groups in total. The third kappa shape index (κ3) is 2.01. The number of halogens is 4. The first kappa shape index (κ1) is 11.3. The zero-order chi connectivity index (χ0) is 10.9. The number of rotatable bonds is 2. The first-order chi connectivity index (χ1) is 6.35. The largest absolute Gasteiger partial charge is 0.477 e. The third-order valence-corrected chi connectivity index (χ3v) is 2.15. The highest BCUT2D eigenvalue weighted by atomic mass is 79.9. The van der Waals surface area contributed by atoms with Crippen molar-refractivity contribution in [3.05, 3.63) is 27.5 Å². The van der Waals surface area contributed by atoms with E-state index in [1.807, 2.05) is 0 Å². The number of pyridine rings is 1. The Kier molecular flexibility index (Phi) is 3.06. The molecule has 0 aromatic carbocycles. The molecule has 1 aromatic rings. The highest BCUT2D eigenvalue weighted by molar-refractivity contribution is 9.10. The highest BCUT2D eigenvalue weighted by Crippen LogP contribution is 2.33. The van der Waals surface area contributed by atoms with E-state index >= 15 is 0 Å². The molecule has 76 valence electrons. The van der Waals surface area contributed by atoms with E-state index in [0.29, 0.717) is 0 Å². The summed E-state index contributed by atoms with van der Waals surface area (Å²) in [4.78, 5) is 13.6. The van der Waals surface area contributed by atoms with Gasteiger partial charge in [0.1, 0.15) is 5.15 Å². The van der Waals surface area contributed by atoms with Crippen LogP contribution in [0.15, 0.2) is 16.7 Å². The van der Waals surface area contributed by atoms with Crippen LogP contribution in [0.25, 0.3) is 0 Å². The number of carboxylic acids is 1. The van der Waals surface area contributed by atoms with Crippen LogP contribution >= 0.6 is 27.5 Å². The molecule has 1 rings (SSSR count). The molecular formula is C7H3BrClF2NO2. The second-order valence-electron chi connectivity index (χ2n) is 2.37. The van der Waals surface area contributed by atoms with Gasteiger partial charge in [0.15, 0.2) is 0 Å². The first-order valence-corrected chi connectivity index (χ1v) is 4.45. The SMILES string of the molecule is O=C(O)C(F)(F)c1cc(Br)cnc1Cl. The number of alkyl halides is 2. The van der Waals surface area contributed by atoms with Crippen molar-refractivity contribution in [2.45, 2.75) is 5.92 Å². The van der Waals surface area contributed by atoms with Gasteiger partial charge in [-0.15, -0.1) is 0 Å². The van der Waals surface area contributed by atoms with E-state index < -0.39 is 22.6 Å². The lowest BCUT2D eigenvalue weighted by molar-refractivity contribution is -0.166. The number of aromatic nitrogens is 1. The van der Waals surface area contributed by atoms with E-state index in [-0.39, 0.29) is 4.47 Å². The number of aliphatic carboxylic acids is 1. The second-order valence-corrected chi connectivity index (χ2v) is 3.65. The first-order valence-electron chi connectivity index (χ1n) is 3.28. The lowest BCUT2D eigenvalue weighted by atomic mass is 10.1. The van der Waals surface area contributed by atoms with Crippen LogP contribution in [0.2, 0.25) is 5.15 Å². The van der Waals surface area contributed by atoms with E-state index in [1.165, 1.54) is 6.20 Å². The van der Waals surface area contributed by atoms with Crippen molar-refractivity contribution >= 4 is 33.5 Å². The van der Waals surface area contributed by atoms with Gasteiger partial charge >= 0.3 is 11.9 Å². The molecule has 1 heterocycles. The topological polar surface area (TPSA) is 50.2 Å². The molecule has 0 radical (unpaired) electrons. The number of carbonyl (C=O) groups is 1. The van der Waals surface area contributed by atoms with Crippen molar-refractivity contribution in [2.75, 3.05) is 0 Å². The van der Waals surface area contributed by atoms with Crippen LogP contribution in [-0.4, -0.2) is 16.1 Å². The van der Waals surface area contributed by atoms with Crippen molar-refractivity contribution in [2.24, 2.45) is 0 Å². The predicted molar refractivity (Wildman–Crippen MR) is 48.5 cm³/mol. The molecule has 0 saturated carbocycles. The summed E-state index contributed by atoms with van der Waals surface area (Å²) in [6, 6.07) is 0.920. The van der Waals surface area contributed by atoms with E-state index in [4.69, 9.17) is 16.7 Å². The minimum absolute atomic E-state index is 0.234. The Labute approximate surface area is 90.8 Å². The van der Waals surface area contributed by atoms with Gasteiger partial charge in [0, 0.05) is 10.7 Å². The fourth-order valence-corrected chi connectivity index (χ4v) is 1.31. The zero-order valence-electron chi connectivity index (χ0n) is 6.47. The Bertz CT molecular complexity index is 386. The molecule has 0 aliphatic heterocycles. The van der Waals surface area contributed by atoms with Gasteiger partial charge in [0.05, 0.1) is 5.56 Å². The molecule has 0 aliphatic carbocycles. The van der Waals surface area contributed by atoms with Gasteiger partial charge in [-0.25, -0.2) is 9.78 Å². The quantitative estimate of drug-likeness (QED) is 0.850. The maximum Gasteiger partial charge on any atom is 0.379 e. The van der Waals surface area contributed by atoms with Crippen molar-refractivity contribution in [3.63, 3.8) is 0 Å². The van der Waals surface area contributed by atoms with E-state index in [0.717, 1.165) is 6.07 Å². The lowest BCUT2D eigenvalue weighted by Crippen LogP contribution is -2.26. The fourth-order valence-electron chi connectivity index (χ4n) is 0.758. The molecule has 0 saturated heterocycles. The summed E-state index contributed by atoms with van der Waals surface area (Å²) >= 11 is 8.24. The minimum Gasteiger partial charge on any atom is -0.477 e. The Morgan fingerprint density at radius 1 is 1.64 bits per heavy atom. The summed E-state index contributed by atoms with van der Waals surface area (Å²) in [7, 11) is 0. The van der Waals surface area contributed by atoms with E-state index in [1.54, 1.807) is 0 Å². The number of nitrogens with zero attached hydrogens (tertiary/aromatic N) is 1. The third-order valence-electron chi connectivity index (χ3n) is 1.41. The van der Waals surface area contributed by atoms with Gasteiger partial charge in [-0.1, -0.05) is 11.6 Å². The Hall–Kier alpha value is -0.750. The monoisotopic (exact) mass is 285 g/mol. The van der Waals surface area contributed by atoms with Gasteiger partial charge in [-0.05, 0) is 22.0 Å². The van der Waals surface area contributed by atoms with Crippen molar-refractivity contribution in [1.29, 1.82) is 0 Å². The Morgan fingerprint density at radius 2 is 2.21 bits per heavy atom. The molecule has 0 bridgehead atoms. The minimum atomic E-state index is -4.03. The maximum absolute atomic E-state index is 13.0. The van der Waals surface area contributed by atoms with Crippen LogP contribution in [-0.2, 0) is 10.7 Å². The van der Waals surface area contributed by atoms with Crippen molar-refractivity contribution < 1.29 is 18.7 Å². The standard InChI is InChI=1S/C7H3BrClF2NO2/c8-3-1-4(5(9)12-2-3)7(10,11)6(13)14/h1-2H,(H,13,14). The van der Waals surface area contributed by atoms with Gasteiger partial charge < -0.3 is 5.11 Å². The molecule has 0 spiro atoms. The molecule has 0 amide bonds.